The second kappa shape index (κ2) is 11.6. The normalized spacial score (nSPS) is 10.4. The van der Waals surface area contributed by atoms with Crippen LogP contribution >= 0.6 is 11.6 Å². The standard InChI is InChI=1S/C23H19ClN4O.O2S/c24-19-8-6-18(7-9-19)23-14-21(15-26-29-16-17-4-2-1-3-5-17)27-28(23)22-12-10-20(25)11-13-22;1-3-2/h1-15H,16,25H2;/b26-15+;. The van der Waals surface area contributed by atoms with Crippen molar-refractivity contribution < 1.29 is 13.3 Å². The fourth-order valence-electron chi connectivity index (χ4n) is 2.88. The van der Waals surface area contributed by atoms with E-state index in [0.29, 0.717) is 23.0 Å². The van der Waals surface area contributed by atoms with Crippen LogP contribution in [0.15, 0.2) is 90.1 Å². The molecule has 0 aliphatic rings. The molecule has 7 nitrogen and oxygen atoms in total. The monoisotopic (exact) mass is 466 g/mol. The summed E-state index contributed by atoms with van der Waals surface area (Å²) in [5.41, 5.74) is 11.1. The van der Waals surface area contributed by atoms with Crippen LogP contribution in [0, 0.1) is 0 Å². The van der Waals surface area contributed by atoms with Gasteiger partial charge in [-0.2, -0.15) is 13.5 Å². The zero-order chi connectivity index (χ0) is 22.8. The van der Waals surface area contributed by atoms with Crippen LogP contribution in [0.4, 0.5) is 5.69 Å². The van der Waals surface area contributed by atoms with Gasteiger partial charge in [-0.05, 0) is 48.0 Å². The summed E-state index contributed by atoms with van der Waals surface area (Å²) in [4.78, 5) is 5.40. The molecule has 0 radical (unpaired) electrons. The van der Waals surface area contributed by atoms with Gasteiger partial charge in [0.15, 0.2) is 0 Å². The Morgan fingerprint density at radius 1 is 1.00 bits per heavy atom. The first kappa shape index (κ1) is 22.9. The van der Waals surface area contributed by atoms with Crippen molar-refractivity contribution in [1.29, 1.82) is 0 Å². The summed E-state index contributed by atoms with van der Waals surface area (Å²) in [6.45, 7) is 0.403. The highest BCUT2D eigenvalue weighted by atomic mass is 35.5. The average Bonchev–Trinajstić information content (AvgIpc) is 3.23. The number of anilines is 1. The Balaban J connectivity index is 0.000000913. The van der Waals surface area contributed by atoms with Gasteiger partial charge in [0.1, 0.15) is 12.3 Å². The van der Waals surface area contributed by atoms with Crippen molar-refractivity contribution in [1.82, 2.24) is 9.78 Å². The number of nitrogen functional groups attached to an aromatic ring is 1. The SMILES string of the molecule is Nc1ccc(-n2nc(/C=N/OCc3ccccc3)cc2-c2ccc(Cl)cc2)cc1.O=S=O. The first-order valence-electron chi connectivity index (χ1n) is 9.43. The van der Waals surface area contributed by atoms with Crippen LogP contribution in [0.3, 0.4) is 0 Å². The zero-order valence-electron chi connectivity index (χ0n) is 16.8. The van der Waals surface area contributed by atoms with Crippen LogP contribution in [-0.4, -0.2) is 24.4 Å². The molecule has 0 bridgehead atoms. The quantitative estimate of drug-likeness (QED) is 0.253. The second-order valence-electron chi connectivity index (χ2n) is 6.53. The van der Waals surface area contributed by atoms with Crippen LogP contribution < -0.4 is 5.73 Å². The topological polar surface area (TPSA) is 99.6 Å². The molecule has 0 aliphatic carbocycles. The van der Waals surface area contributed by atoms with E-state index in [9.17, 15) is 0 Å². The Kier molecular flexibility index (Phi) is 8.30. The largest absolute Gasteiger partial charge is 0.399 e. The fourth-order valence-corrected chi connectivity index (χ4v) is 3.00. The second-order valence-corrected chi connectivity index (χ2v) is 7.10. The van der Waals surface area contributed by atoms with E-state index in [1.54, 1.807) is 6.21 Å². The minimum atomic E-state index is -0.750. The van der Waals surface area contributed by atoms with E-state index in [2.05, 4.69) is 10.3 Å². The van der Waals surface area contributed by atoms with E-state index in [4.69, 9.17) is 30.6 Å². The minimum Gasteiger partial charge on any atom is -0.399 e. The van der Waals surface area contributed by atoms with E-state index in [0.717, 1.165) is 22.5 Å². The van der Waals surface area contributed by atoms with E-state index in [1.807, 2.05) is 89.6 Å². The van der Waals surface area contributed by atoms with E-state index < -0.39 is 11.6 Å². The fraction of sp³-hybridized carbons (Fsp3) is 0.0435. The van der Waals surface area contributed by atoms with Crippen molar-refractivity contribution in [3.05, 3.63) is 101 Å². The van der Waals surface area contributed by atoms with Gasteiger partial charge in [0.25, 0.3) is 0 Å². The summed E-state index contributed by atoms with van der Waals surface area (Å²) in [5, 5.41) is 9.42. The number of oxime groups is 1. The molecule has 0 spiro atoms. The van der Waals surface area contributed by atoms with Crippen molar-refractivity contribution >= 4 is 35.1 Å². The van der Waals surface area contributed by atoms with Crippen molar-refractivity contribution in [3.8, 4) is 16.9 Å². The Labute approximate surface area is 193 Å². The number of halogens is 1. The molecule has 0 aliphatic heterocycles. The molecule has 162 valence electrons. The molecule has 3 aromatic carbocycles. The predicted molar refractivity (Wildman–Crippen MR) is 126 cm³/mol. The number of nitrogens with two attached hydrogens (primary N) is 1. The molecule has 0 amide bonds. The first-order valence-corrected chi connectivity index (χ1v) is 10.5. The van der Waals surface area contributed by atoms with Gasteiger partial charge in [-0.25, -0.2) is 4.68 Å². The maximum absolute atomic E-state index is 8.29. The Morgan fingerprint density at radius 3 is 2.31 bits per heavy atom. The Hall–Kier alpha value is -3.75. The molecule has 1 aromatic heterocycles. The third kappa shape index (κ3) is 6.37. The van der Waals surface area contributed by atoms with E-state index in [-0.39, 0.29) is 0 Å². The number of hydrogen-bond donors (Lipinski definition) is 1. The van der Waals surface area contributed by atoms with Gasteiger partial charge >= 0.3 is 11.6 Å². The molecule has 0 atom stereocenters. The lowest BCUT2D eigenvalue weighted by molar-refractivity contribution is 0.132. The summed E-state index contributed by atoms with van der Waals surface area (Å²) in [6, 6.07) is 27.0. The maximum Gasteiger partial charge on any atom is 0.335 e. The maximum atomic E-state index is 8.29. The lowest BCUT2D eigenvalue weighted by Gasteiger charge is -2.08. The molecule has 2 N–H and O–H groups in total. The molecule has 0 saturated carbocycles. The predicted octanol–water partition coefficient (Wildman–Crippen LogP) is 4.66. The van der Waals surface area contributed by atoms with E-state index in [1.165, 1.54) is 0 Å². The van der Waals surface area contributed by atoms with Gasteiger partial charge in [0, 0.05) is 16.3 Å². The number of rotatable bonds is 6. The van der Waals surface area contributed by atoms with E-state index >= 15 is 0 Å². The smallest absolute Gasteiger partial charge is 0.335 e. The zero-order valence-corrected chi connectivity index (χ0v) is 18.4. The third-order valence-electron chi connectivity index (χ3n) is 4.34. The molecule has 0 fully saturated rings. The van der Waals surface area contributed by atoms with Crippen LogP contribution in [0.2, 0.25) is 5.02 Å². The van der Waals surface area contributed by atoms with Crippen molar-refractivity contribution in [2.24, 2.45) is 5.16 Å². The van der Waals surface area contributed by atoms with Crippen LogP contribution in [0.5, 0.6) is 0 Å². The lowest BCUT2D eigenvalue weighted by Crippen LogP contribution is -2.00. The molecule has 0 unspecified atom stereocenters. The Morgan fingerprint density at radius 2 is 1.66 bits per heavy atom. The Bertz CT molecular complexity index is 1140. The van der Waals surface area contributed by atoms with Gasteiger partial charge in [0.2, 0.25) is 0 Å². The highest BCUT2D eigenvalue weighted by Gasteiger charge is 2.11. The molecule has 9 heteroatoms. The summed E-state index contributed by atoms with van der Waals surface area (Å²) in [5.74, 6) is 0. The van der Waals surface area contributed by atoms with Crippen LogP contribution in [0.1, 0.15) is 11.3 Å². The van der Waals surface area contributed by atoms with Gasteiger partial charge in [0.05, 0.1) is 17.6 Å². The van der Waals surface area contributed by atoms with Gasteiger partial charge in [-0.15, -0.1) is 0 Å². The summed E-state index contributed by atoms with van der Waals surface area (Å²) >= 11 is 5.29. The lowest BCUT2D eigenvalue weighted by atomic mass is 10.1. The molecule has 1 heterocycles. The van der Waals surface area contributed by atoms with Gasteiger partial charge < -0.3 is 10.6 Å². The first-order chi connectivity index (χ1) is 15.6. The average molecular weight is 467 g/mol. The minimum absolute atomic E-state index is 0.403. The highest BCUT2D eigenvalue weighted by Crippen LogP contribution is 2.25. The number of benzene rings is 3. The van der Waals surface area contributed by atoms with Crippen molar-refractivity contribution in [2.45, 2.75) is 6.61 Å². The van der Waals surface area contributed by atoms with Crippen LogP contribution in [-0.2, 0) is 23.0 Å². The van der Waals surface area contributed by atoms with Crippen molar-refractivity contribution in [2.75, 3.05) is 5.73 Å². The van der Waals surface area contributed by atoms with Gasteiger partial charge in [-0.1, -0.05) is 59.2 Å². The number of aromatic nitrogens is 2. The number of hydrogen-bond acceptors (Lipinski definition) is 6. The highest BCUT2D eigenvalue weighted by molar-refractivity contribution is 7.51. The van der Waals surface area contributed by atoms with Crippen molar-refractivity contribution in [3.63, 3.8) is 0 Å². The molecular weight excluding hydrogens is 448 g/mol. The molecule has 4 rings (SSSR count). The summed E-state index contributed by atoms with van der Waals surface area (Å²) in [6.07, 6.45) is 1.61. The van der Waals surface area contributed by atoms with Crippen LogP contribution in [0.25, 0.3) is 16.9 Å². The van der Waals surface area contributed by atoms with Gasteiger partial charge in [-0.3, -0.25) is 0 Å². The molecular formula is C23H19ClN4O3S. The molecule has 4 aromatic rings. The number of nitrogens with zero attached hydrogens (tertiary/aromatic N) is 3. The third-order valence-corrected chi connectivity index (χ3v) is 4.59. The molecule has 32 heavy (non-hydrogen) atoms. The summed E-state index contributed by atoms with van der Waals surface area (Å²) in [7, 11) is 0. The molecule has 0 saturated heterocycles. The summed E-state index contributed by atoms with van der Waals surface area (Å²) < 4.78 is 18.4.